The molecule has 0 spiro atoms. The molecule has 0 aliphatic heterocycles. The maximum atomic E-state index is 14.0. The van der Waals surface area contributed by atoms with Gasteiger partial charge in [0.25, 0.3) is 0 Å². The molecule has 0 radical (unpaired) electrons. The van der Waals surface area contributed by atoms with Crippen molar-refractivity contribution in [3.05, 3.63) is 47.9 Å². The van der Waals surface area contributed by atoms with Gasteiger partial charge >= 0.3 is 0 Å². The molecule has 0 unspecified atom stereocenters. The van der Waals surface area contributed by atoms with Gasteiger partial charge in [0, 0.05) is 11.6 Å². The number of aromatic nitrogens is 1. The molecule has 2 aromatic rings. The van der Waals surface area contributed by atoms with Crippen LogP contribution in [-0.2, 0) is 6.42 Å². The number of unbranched alkanes of at least 4 members (excludes halogenated alkanes) is 2. The molecule has 0 aliphatic carbocycles. The molecule has 0 saturated carbocycles. The first-order chi connectivity index (χ1) is 10.2. The van der Waals surface area contributed by atoms with Crippen molar-refractivity contribution in [3.8, 4) is 11.3 Å². The second-order valence-electron chi connectivity index (χ2n) is 4.88. The maximum absolute atomic E-state index is 14.0. The Morgan fingerprint density at radius 3 is 2.62 bits per heavy atom. The maximum Gasteiger partial charge on any atom is 0.151 e. The lowest BCUT2D eigenvalue weighted by atomic mass is 10.0. The lowest BCUT2D eigenvalue weighted by Gasteiger charge is -2.05. The first-order valence-electron chi connectivity index (χ1n) is 7.07. The smallest absolute Gasteiger partial charge is 0.151 e. The van der Waals surface area contributed by atoms with Crippen LogP contribution in [-0.4, -0.2) is 10.1 Å². The van der Waals surface area contributed by atoms with E-state index in [0.29, 0.717) is 11.4 Å². The van der Waals surface area contributed by atoms with Crippen molar-refractivity contribution in [1.82, 2.24) is 4.98 Å². The number of isothiocyanates is 1. The van der Waals surface area contributed by atoms with Gasteiger partial charge in [-0.25, -0.2) is 4.39 Å². The number of thiocarbonyl (C=S) groups is 1. The van der Waals surface area contributed by atoms with E-state index in [9.17, 15) is 4.39 Å². The molecule has 2 rings (SSSR count). The van der Waals surface area contributed by atoms with Crippen LogP contribution in [0.2, 0.25) is 0 Å². The second kappa shape index (κ2) is 7.77. The number of benzene rings is 1. The van der Waals surface area contributed by atoms with E-state index in [2.05, 4.69) is 34.3 Å². The zero-order chi connectivity index (χ0) is 15.1. The highest BCUT2D eigenvalue weighted by molar-refractivity contribution is 7.78. The van der Waals surface area contributed by atoms with Crippen LogP contribution in [0.15, 0.2) is 41.5 Å². The minimum Gasteiger partial charge on any atom is -0.251 e. The van der Waals surface area contributed by atoms with Gasteiger partial charge in [-0.2, -0.15) is 4.99 Å². The summed E-state index contributed by atoms with van der Waals surface area (Å²) in [4.78, 5) is 7.84. The van der Waals surface area contributed by atoms with Crippen molar-refractivity contribution in [2.24, 2.45) is 4.99 Å². The molecule has 1 aromatic carbocycles. The third-order valence-corrected chi connectivity index (χ3v) is 3.39. The Morgan fingerprint density at radius 2 is 2.00 bits per heavy atom. The Morgan fingerprint density at radius 1 is 1.24 bits per heavy atom. The van der Waals surface area contributed by atoms with E-state index in [4.69, 9.17) is 0 Å². The largest absolute Gasteiger partial charge is 0.251 e. The zero-order valence-electron chi connectivity index (χ0n) is 12.0. The molecule has 0 bridgehead atoms. The molecular formula is C17H17FN2S. The van der Waals surface area contributed by atoms with E-state index in [0.717, 1.165) is 12.0 Å². The Balaban J connectivity index is 2.16. The number of halogens is 1. The van der Waals surface area contributed by atoms with Crippen LogP contribution < -0.4 is 0 Å². The van der Waals surface area contributed by atoms with Gasteiger partial charge in [-0.3, -0.25) is 4.98 Å². The number of hydrogen-bond donors (Lipinski definition) is 0. The van der Waals surface area contributed by atoms with E-state index in [1.54, 1.807) is 0 Å². The Kier molecular flexibility index (Phi) is 5.73. The molecule has 0 fully saturated rings. The highest BCUT2D eigenvalue weighted by atomic mass is 32.1. The molecule has 0 atom stereocenters. The highest BCUT2D eigenvalue weighted by Crippen LogP contribution is 2.24. The third kappa shape index (κ3) is 4.28. The van der Waals surface area contributed by atoms with E-state index in [1.807, 2.05) is 24.3 Å². The normalized spacial score (nSPS) is 10.2. The van der Waals surface area contributed by atoms with Crippen LogP contribution in [0.1, 0.15) is 31.7 Å². The Hall–Kier alpha value is -1.90. The number of aliphatic imine (C=N–C) groups is 1. The molecule has 1 heterocycles. The molecule has 0 aliphatic rings. The molecular weight excluding hydrogens is 283 g/mol. The van der Waals surface area contributed by atoms with Gasteiger partial charge in [0.2, 0.25) is 0 Å². The van der Waals surface area contributed by atoms with Crippen LogP contribution >= 0.6 is 12.2 Å². The lowest BCUT2D eigenvalue weighted by Crippen LogP contribution is -1.90. The minimum atomic E-state index is -0.403. The number of nitrogens with zero attached hydrogens (tertiary/aromatic N) is 2. The quantitative estimate of drug-likeness (QED) is 0.408. The summed E-state index contributed by atoms with van der Waals surface area (Å²) in [6, 6.07) is 9.21. The average molecular weight is 300 g/mol. The predicted octanol–water partition coefficient (Wildman–Crippen LogP) is 5.35. The van der Waals surface area contributed by atoms with Crippen molar-refractivity contribution in [3.63, 3.8) is 0 Å². The lowest BCUT2D eigenvalue weighted by molar-refractivity contribution is 0.626. The highest BCUT2D eigenvalue weighted by Gasteiger charge is 2.07. The summed E-state index contributed by atoms with van der Waals surface area (Å²) in [6.07, 6.45) is 6.19. The number of hydrogen-bond acceptors (Lipinski definition) is 3. The predicted molar refractivity (Wildman–Crippen MR) is 87.5 cm³/mol. The number of pyridine rings is 1. The van der Waals surface area contributed by atoms with E-state index >= 15 is 0 Å². The summed E-state index contributed by atoms with van der Waals surface area (Å²) < 4.78 is 14.0. The molecule has 4 heteroatoms. The van der Waals surface area contributed by atoms with Crippen molar-refractivity contribution in [2.75, 3.05) is 0 Å². The van der Waals surface area contributed by atoms with Gasteiger partial charge < -0.3 is 0 Å². The molecule has 21 heavy (non-hydrogen) atoms. The first-order valence-corrected chi connectivity index (χ1v) is 7.48. The Bertz CT molecular complexity index is 646. The fourth-order valence-electron chi connectivity index (χ4n) is 2.16. The topological polar surface area (TPSA) is 25.2 Å². The number of rotatable bonds is 6. The SMILES string of the molecule is CCCCCc1ccc(-c2ncc(N=C=S)cc2F)cc1. The van der Waals surface area contributed by atoms with Crippen LogP contribution in [0.4, 0.5) is 10.1 Å². The fraction of sp³-hybridized carbons (Fsp3) is 0.294. The van der Waals surface area contributed by atoms with Gasteiger partial charge in [0.15, 0.2) is 5.82 Å². The summed E-state index contributed by atoms with van der Waals surface area (Å²) in [5.41, 5.74) is 2.75. The monoisotopic (exact) mass is 300 g/mol. The van der Waals surface area contributed by atoms with Gasteiger partial charge in [0.1, 0.15) is 5.69 Å². The van der Waals surface area contributed by atoms with E-state index < -0.39 is 5.82 Å². The van der Waals surface area contributed by atoms with Crippen molar-refractivity contribution in [1.29, 1.82) is 0 Å². The number of aryl methyl sites for hydroxylation is 1. The summed E-state index contributed by atoms with van der Waals surface area (Å²) in [5.74, 6) is -0.403. The van der Waals surface area contributed by atoms with Crippen LogP contribution in [0, 0.1) is 5.82 Å². The van der Waals surface area contributed by atoms with Gasteiger partial charge in [-0.05, 0) is 30.6 Å². The Labute approximate surface area is 129 Å². The molecule has 108 valence electrons. The van der Waals surface area contributed by atoms with Crippen LogP contribution in [0.5, 0.6) is 0 Å². The molecule has 1 aromatic heterocycles. The van der Waals surface area contributed by atoms with Gasteiger partial charge in [0.05, 0.1) is 17.0 Å². The standard InChI is InChI=1S/C17H17FN2S/c1-2-3-4-5-13-6-8-14(9-7-13)17-16(18)10-15(11-19-17)20-12-21/h6-11H,2-5H2,1H3. The summed E-state index contributed by atoms with van der Waals surface area (Å²) in [6.45, 7) is 2.19. The average Bonchev–Trinajstić information content (AvgIpc) is 2.49. The first kappa shape index (κ1) is 15.5. The third-order valence-electron chi connectivity index (χ3n) is 3.30. The molecule has 0 N–H and O–H groups in total. The summed E-state index contributed by atoms with van der Waals surface area (Å²) in [7, 11) is 0. The van der Waals surface area contributed by atoms with Crippen LogP contribution in [0.25, 0.3) is 11.3 Å². The fourth-order valence-corrected chi connectivity index (χ4v) is 2.27. The van der Waals surface area contributed by atoms with Gasteiger partial charge in [-0.1, -0.05) is 44.0 Å². The molecule has 2 nitrogen and oxygen atoms in total. The van der Waals surface area contributed by atoms with Crippen molar-refractivity contribution >= 4 is 23.1 Å². The van der Waals surface area contributed by atoms with Gasteiger partial charge in [-0.15, -0.1) is 0 Å². The summed E-state index contributed by atoms with van der Waals surface area (Å²) in [5, 5.41) is 2.20. The zero-order valence-corrected chi connectivity index (χ0v) is 12.8. The van der Waals surface area contributed by atoms with E-state index in [1.165, 1.54) is 37.1 Å². The second-order valence-corrected chi connectivity index (χ2v) is 5.06. The van der Waals surface area contributed by atoms with E-state index in [-0.39, 0.29) is 0 Å². The van der Waals surface area contributed by atoms with Crippen molar-refractivity contribution < 1.29 is 4.39 Å². The molecule has 0 saturated heterocycles. The molecule has 0 amide bonds. The van der Waals surface area contributed by atoms with Crippen LogP contribution in [0.3, 0.4) is 0 Å². The van der Waals surface area contributed by atoms with Crippen molar-refractivity contribution in [2.45, 2.75) is 32.6 Å². The minimum absolute atomic E-state index is 0.332. The summed E-state index contributed by atoms with van der Waals surface area (Å²) >= 11 is 4.49.